The zero-order chi connectivity index (χ0) is 16.4. The molecule has 1 saturated heterocycles. The Morgan fingerprint density at radius 3 is 2.91 bits per heavy atom. The zero-order valence-corrected chi connectivity index (χ0v) is 13.6. The maximum absolute atomic E-state index is 12.7. The summed E-state index contributed by atoms with van der Waals surface area (Å²) < 4.78 is 0. The van der Waals surface area contributed by atoms with E-state index >= 15 is 0 Å². The van der Waals surface area contributed by atoms with Gasteiger partial charge < -0.3 is 19.9 Å². The molecule has 1 amide bonds. The van der Waals surface area contributed by atoms with E-state index in [1.165, 1.54) is 6.33 Å². The number of carbonyl (C=O) groups excluding carboxylic acids is 1. The van der Waals surface area contributed by atoms with E-state index < -0.39 is 0 Å². The van der Waals surface area contributed by atoms with Crippen LogP contribution in [0.15, 0.2) is 18.6 Å². The molecule has 124 valence electrons. The van der Waals surface area contributed by atoms with Crippen LogP contribution in [0.1, 0.15) is 30.3 Å². The number of hydrogen-bond donors (Lipinski definition) is 2. The van der Waals surface area contributed by atoms with Crippen LogP contribution in [0.5, 0.6) is 0 Å². The molecule has 23 heavy (non-hydrogen) atoms. The largest absolute Gasteiger partial charge is 0.392 e. The Kier molecular flexibility index (Phi) is 4.58. The average molecular weight is 317 g/mol. The van der Waals surface area contributed by atoms with Crippen molar-refractivity contribution in [3.63, 3.8) is 0 Å². The number of hydrogen-bond acceptors (Lipinski definition) is 5. The van der Waals surface area contributed by atoms with Gasteiger partial charge in [-0.1, -0.05) is 0 Å². The summed E-state index contributed by atoms with van der Waals surface area (Å²) in [6.07, 6.45) is 4.69. The maximum Gasteiger partial charge on any atom is 0.273 e. The monoisotopic (exact) mass is 317 g/mol. The fourth-order valence-corrected chi connectivity index (χ4v) is 3.27. The Morgan fingerprint density at radius 1 is 1.48 bits per heavy atom. The summed E-state index contributed by atoms with van der Waals surface area (Å²) in [6, 6.07) is 2.25. The number of aliphatic hydroxyl groups excluding tert-OH is 1. The maximum atomic E-state index is 12.7. The molecule has 7 nitrogen and oxygen atoms in total. The van der Waals surface area contributed by atoms with E-state index in [2.05, 4.69) is 19.9 Å². The van der Waals surface area contributed by atoms with Crippen LogP contribution in [0.3, 0.4) is 0 Å². The van der Waals surface area contributed by atoms with Gasteiger partial charge in [0.15, 0.2) is 0 Å². The number of rotatable bonds is 4. The van der Waals surface area contributed by atoms with E-state index in [4.69, 9.17) is 0 Å². The second kappa shape index (κ2) is 6.64. The molecule has 1 atom stereocenters. The molecule has 2 aromatic rings. The number of amides is 1. The van der Waals surface area contributed by atoms with Gasteiger partial charge in [0.1, 0.15) is 17.7 Å². The van der Waals surface area contributed by atoms with Crippen LogP contribution in [-0.2, 0) is 0 Å². The van der Waals surface area contributed by atoms with E-state index in [1.807, 2.05) is 18.0 Å². The third-order valence-corrected chi connectivity index (χ3v) is 4.48. The predicted molar refractivity (Wildman–Crippen MR) is 87.1 cm³/mol. The third kappa shape index (κ3) is 3.35. The fraction of sp³-hybridized carbons (Fsp3) is 0.562. The fourth-order valence-electron chi connectivity index (χ4n) is 3.27. The van der Waals surface area contributed by atoms with E-state index in [0.29, 0.717) is 37.0 Å². The molecule has 2 N–H and O–H groups in total. The topological polar surface area (TPSA) is 85.3 Å². The highest BCUT2D eigenvalue weighted by molar-refractivity contribution is 6.03. The first-order valence-corrected chi connectivity index (χ1v) is 8.02. The molecule has 1 aliphatic heterocycles. The van der Waals surface area contributed by atoms with Crippen LogP contribution in [0.25, 0.3) is 11.0 Å². The van der Waals surface area contributed by atoms with Gasteiger partial charge in [-0.15, -0.1) is 0 Å². The minimum Gasteiger partial charge on any atom is -0.392 e. The minimum absolute atomic E-state index is 0.0337. The number of aromatic nitrogens is 3. The molecule has 2 aromatic heterocycles. The number of nitrogens with zero attached hydrogens (tertiary/aromatic N) is 4. The summed E-state index contributed by atoms with van der Waals surface area (Å²) >= 11 is 0. The molecular formula is C16H23N5O2. The van der Waals surface area contributed by atoms with E-state index in [0.717, 1.165) is 18.2 Å². The lowest BCUT2D eigenvalue weighted by atomic mass is 10.0. The van der Waals surface area contributed by atoms with Crippen LogP contribution >= 0.6 is 0 Å². The first-order valence-electron chi connectivity index (χ1n) is 8.02. The Labute approximate surface area is 135 Å². The second-order valence-corrected chi connectivity index (χ2v) is 6.27. The number of piperidine rings is 1. The summed E-state index contributed by atoms with van der Waals surface area (Å²) in [5.41, 5.74) is 1.15. The van der Waals surface area contributed by atoms with Crippen molar-refractivity contribution in [2.75, 3.05) is 26.7 Å². The number of carbonyl (C=O) groups is 1. The summed E-state index contributed by atoms with van der Waals surface area (Å²) in [6.45, 7) is 3.88. The molecule has 7 heteroatoms. The first-order chi connectivity index (χ1) is 11.1. The lowest BCUT2D eigenvalue weighted by molar-refractivity contribution is 0.0574. The molecule has 0 saturated carbocycles. The lowest BCUT2D eigenvalue weighted by Crippen LogP contribution is -2.47. The van der Waals surface area contributed by atoms with Gasteiger partial charge in [0, 0.05) is 31.9 Å². The molecule has 3 rings (SSSR count). The molecule has 1 unspecified atom stereocenters. The van der Waals surface area contributed by atoms with Crippen LogP contribution < -0.4 is 0 Å². The van der Waals surface area contributed by atoms with Gasteiger partial charge in [0.05, 0.1) is 11.5 Å². The van der Waals surface area contributed by atoms with Crippen molar-refractivity contribution in [1.82, 2.24) is 24.8 Å². The summed E-state index contributed by atoms with van der Waals surface area (Å²) in [7, 11) is 2.03. The van der Waals surface area contributed by atoms with Crippen LogP contribution in [0.4, 0.5) is 0 Å². The van der Waals surface area contributed by atoms with Crippen molar-refractivity contribution in [2.24, 2.45) is 0 Å². The van der Waals surface area contributed by atoms with Gasteiger partial charge in [-0.2, -0.15) is 0 Å². The Hall–Kier alpha value is -1.99. The number of aromatic amines is 1. The quantitative estimate of drug-likeness (QED) is 0.874. The Morgan fingerprint density at radius 2 is 2.22 bits per heavy atom. The zero-order valence-electron chi connectivity index (χ0n) is 13.6. The van der Waals surface area contributed by atoms with Gasteiger partial charge in [-0.05, 0) is 32.9 Å². The molecule has 0 radical (unpaired) electrons. The molecule has 0 aromatic carbocycles. The van der Waals surface area contributed by atoms with Crippen molar-refractivity contribution >= 4 is 16.9 Å². The predicted octanol–water partition coefficient (Wildman–Crippen LogP) is 0.875. The van der Waals surface area contributed by atoms with Crippen molar-refractivity contribution < 1.29 is 9.90 Å². The molecule has 0 spiro atoms. The molecule has 0 aliphatic carbocycles. The Bertz CT molecular complexity index is 676. The number of aliphatic hydroxyl groups is 1. The molecule has 3 heterocycles. The second-order valence-electron chi connectivity index (χ2n) is 6.27. The number of nitrogens with one attached hydrogen (secondary N) is 1. The van der Waals surface area contributed by atoms with Gasteiger partial charge >= 0.3 is 0 Å². The number of likely N-dealkylation sites (tertiary alicyclic amines) is 1. The summed E-state index contributed by atoms with van der Waals surface area (Å²) in [5, 5.41) is 10.3. The van der Waals surface area contributed by atoms with Gasteiger partial charge in [0.2, 0.25) is 0 Å². The normalized spacial score (nSPS) is 17.8. The highest BCUT2D eigenvalue weighted by Gasteiger charge is 2.27. The number of likely N-dealkylation sites (N-methyl/N-ethyl adjacent to an activating group) is 1. The molecular weight excluding hydrogens is 294 g/mol. The Balaban J connectivity index is 1.66. The smallest absolute Gasteiger partial charge is 0.273 e. The van der Waals surface area contributed by atoms with Crippen molar-refractivity contribution in [3.8, 4) is 0 Å². The van der Waals surface area contributed by atoms with Crippen molar-refractivity contribution in [2.45, 2.75) is 31.9 Å². The third-order valence-electron chi connectivity index (χ3n) is 4.48. The lowest BCUT2D eigenvalue weighted by Gasteiger charge is -2.37. The van der Waals surface area contributed by atoms with Crippen LogP contribution in [0.2, 0.25) is 0 Å². The number of fused-ring (bicyclic) bond motifs is 1. The van der Waals surface area contributed by atoms with Gasteiger partial charge in [0.25, 0.3) is 5.91 Å². The van der Waals surface area contributed by atoms with E-state index in [-0.39, 0.29) is 12.0 Å². The van der Waals surface area contributed by atoms with E-state index in [1.54, 1.807) is 13.1 Å². The molecule has 1 fully saturated rings. The summed E-state index contributed by atoms with van der Waals surface area (Å²) in [5.74, 6) is -0.0337. The van der Waals surface area contributed by atoms with Crippen LogP contribution in [0, 0.1) is 0 Å². The minimum atomic E-state index is -0.331. The van der Waals surface area contributed by atoms with Crippen molar-refractivity contribution in [3.05, 3.63) is 24.3 Å². The van der Waals surface area contributed by atoms with Crippen LogP contribution in [-0.4, -0.2) is 74.6 Å². The molecule has 1 aliphatic rings. The SMILES string of the molecule is CC(O)CN(C)C1CCN(C(=O)c2ncnc3[nH]ccc23)CC1. The average Bonchev–Trinajstić information content (AvgIpc) is 3.02. The summed E-state index contributed by atoms with van der Waals surface area (Å²) in [4.78, 5) is 28.1. The van der Waals surface area contributed by atoms with Crippen molar-refractivity contribution in [1.29, 1.82) is 0 Å². The van der Waals surface area contributed by atoms with E-state index in [9.17, 15) is 9.90 Å². The van der Waals surface area contributed by atoms with Gasteiger partial charge in [-0.25, -0.2) is 9.97 Å². The molecule has 0 bridgehead atoms. The highest BCUT2D eigenvalue weighted by Crippen LogP contribution is 2.20. The highest BCUT2D eigenvalue weighted by atomic mass is 16.3. The standard InChI is InChI=1S/C16H23N5O2/c1-11(22)9-20(2)12-4-7-21(8-5-12)16(23)14-13-3-6-17-15(13)19-10-18-14/h3,6,10-12,22H,4-5,7-9H2,1-2H3,(H,17,18,19). The van der Waals surface area contributed by atoms with Gasteiger partial charge in [-0.3, -0.25) is 4.79 Å². The first kappa shape index (κ1) is 15.9. The number of H-pyrrole nitrogens is 1.